The van der Waals surface area contributed by atoms with Crippen LogP contribution in [0.5, 0.6) is 5.75 Å². The molecule has 2 rings (SSSR count). The van der Waals surface area contributed by atoms with E-state index in [9.17, 15) is 4.79 Å². The van der Waals surface area contributed by atoms with Gasteiger partial charge in [-0.2, -0.15) is 5.10 Å². The predicted molar refractivity (Wildman–Crippen MR) is 93.8 cm³/mol. The minimum Gasteiger partial charge on any atom is -0.484 e. The van der Waals surface area contributed by atoms with Gasteiger partial charge in [-0.3, -0.25) is 4.79 Å². The third-order valence-corrected chi connectivity index (χ3v) is 4.42. The van der Waals surface area contributed by atoms with Gasteiger partial charge in [-0.15, -0.1) is 0 Å². The van der Waals surface area contributed by atoms with E-state index >= 15 is 0 Å². The van der Waals surface area contributed by atoms with E-state index in [0.29, 0.717) is 5.75 Å². The van der Waals surface area contributed by atoms with Crippen LogP contribution in [-0.2, 0) is 11.2 Å². The summed E-state index contributed by atoms with van der Waals surface area (Å²) in [5.41, 5.74) is 4.98. The van der Waals surface area contributed by atoms with Crippen molar-refractivity contribution in [1.29, 1.82) is 0 Å². The summed E-state index contributed by atoms with van der Waals surface area (Å²) in [6, 6.07) is 7.82. The Balaban J connectivity index is 1.69. The normalized spacial score (nSPS) is 17.7. The highest BCUT2D eigenvalue weighted by Gasteiger charge is 2.17. The Morgan fingerprint density at radius 3 is 2.52 bits per heavy atom. The van der Waals surface area contributed by atoms with E-state index in [1.807, 2.05) is 24.3 Å². The number of benzene rings is 1. The summed E-state index contributed by atoms with van der Waals surface area (Å²) in [7, 11) is 0. The lowest BCUT2D eigenvalue weighted by atomic mass is 9.85. The van der Waals surface area contributed by atoms with Gasteiger partial charge in [-0.05, 0) is 55.7 Å². The molecule has 1 saturated carbocycles. The molecule has 0 radical (unpaired) electrons. The second-order valence-corrected chi connectivity index (χ2v) is 6.23. The summed E-state index contributed by atoms with van der Waals surface area (Å²) in [6.45, 7) is 4.35. The molecule has 0 saturated heterocycles. The highest BCUT2D eigenvalue weighted by molar-refractivity contribution is 5.87. The minimum atomic E-state index is -0.201. The Labute approximate surface area is 139 Å². The van der Waals surface area contributed by atoms with Gasteiger partial charge in [0.05, 0.1) is 0 Å². The maximum absolute atomic E-state index is 11.8. The Kier molecular flexibility index (Phi) is 7.11. The van der Waals surface area contributed by atoms with Gasteiger partial charge < -0.3 is 4.74 Å². The molecule has 4 heteroatoms. The van der Waals surface area contributed by atoms with Gasteiger partial charge in [0.15, 0.2) is 6.61 Å². The van der Waals surface area contributed by atoms with Gasteiger partial charge in [-0.25, -0.2) is 5.43 Å². The summed E-state index contributed by atoms with van der Waals surface area (Å²) < 4.78 is 5.47. The number of amides is 1. The molecule has 0 aliphatic heterocycles. The first-order valence-corrected chi connectivity index (χ1v) is 8.77. The fourth-order valence-electron chi connectivity index (χ4n) is 2.96. The molecule has 23 heavy (non-hydrogen) atoms. The van der Waals surface area contributed by atoms with Crippen LogP contribution in [0.3, 0.4) is 0 Å². The van der Waals surface area contributed by atoms with E-state index in [1.54, 1.807) is 0 Å². The molecular weight excluding hydrogens is 288 g/mol. The topological polar surface area (TPSA) is 50.7 Å². The molecule has 4 nitrogen and oxygen atoms in total. The maximum atomic E-state index is 11.8. The summed E-state index contributed by atoms with van der Waals surface area (Å²) in [5.74, 6) is 1.35. The fraction of sp³-hybridized carbons (Fsp3) is 0.579. The molecule has 1 aromatic rings. The molecule has 1 aliphatic rings. The zero-order valence-corrected chi connectivity index (χ0v) is 14.3. The minimum absolute atomic E-state index is 0.000706. The largest absolute Gasteiger partial charge is 0.484 e. The molecular formula is C19H28N2O2. The smallest absolute Gasteiger partial charge is 0.277 e. The van der Waals surface area contributed by atoms with Crippen LogP contribution in [-0.4, -0.2) is 18.2 Å². The van der Waals surface area contributed by atoms with Crippen molar-refractivity contribution < 1.29 is 9.53 Å². The Morgan fingerprint density at radius 1 is 1.22 bits per heavy atom. The van der Waals surface area contributed by atoms with Crippen LogP contribution in [0, 0.1) is 5.92 Å². The van der Waals surface area contributed by atoms with Gasteiger partial charge in [-0.1, -0.05) is 38.8 Å². The fourth-order valence-corrected chi connectivity index (χ4v) is 2.96. The van der Waals surface area contributed by atoms with Crippen molar-refractivity contribution in [3.8, 4) is 5.75 Å². The number of aryl methyl sites for hydroxylation is 1. The van der Waals surface area contributed by atoms with Gasteiger partial charge in [0, 0.05) is 5.71 Å². The second kappa shape index (κ2) is 9.33. The summed E-state index contributed by atoms with van der Waals surface area (Å²) in [6.07, 6.45) is 7.96. The van der Waals surface area contributed by atoms with Crippen molar-refractivity contribution in [2.75, 3.05) is 6.61 Å². The molecule has 126 valence electrons. The number of hydrogen-bond acceptors (Lipinski definition) is 3. The monoisotopic (exact) mass is 316 g/mol. The molecule has 0 heterocycles. The lowest BCUT2D eigenvalue weighted by Gasteiger charge is -2.22. The molecule has 0 spiro atoms. The lowest BCUT2D eigenvalue weighted by molar-refractivity contribution is -0.123. The van der Waals surface area contributed by atoms with Crippen molar-refractivity contribution >= 4 is 11.6 Å². The standard InChI is InChI=1S/C19H28N2O2/c1-3-5-16-6-10-17(11-7-16)20-21-19(22)14-23-18-12-8-15(4-2)9-13-18/h8-9,12-13,16H,3-7,10-11,14H2,1-2H3,(H,21,22). The van der Waals surface area contributed by atoms with Gasteiger partial charge in [0.25, 0.3) is 5.91 Å². The van der Waals surface area contributed by atoms with Crippen molar-refractivity contribution in [2.24, 2.45) is 11.0 Å². The van der Waals surface area contributed by atoms with Crippen LogP contribution in [0.2, 0.25) is 0 Å². The Bertz CT molecular complexity index is 513. The quantitative estimate of drug-likeness (QED) is 0.770. The maximum Gasteiger partial charge on any atom is 0.277 e. The average Bonchev–Trinajstić information content (AvgIpc) is 2.60. The highest BCUT2D eigenvalue weighted by atomic mass is 16.5. The average molecular weight is 316 g/mol. The number of hydrogen-bond donors (Lipinski definition) is 1. The zero-order chi connectivity index (χ0) is 16.5. The molecule has 1 aromatic carbocycles. The number of carbonyl (C=O) groups excluding carboxylic acids is 1. The molecule has 1 aliphatic carbocycles. The van der Waals surface area contributed by atoms with E-state index in [0.717, 1.165) is 30.9 Å². The van der Waals surface area contributed by atoms with Crippen LogP contribution >= 0.6 is 0 Å². The third-order valence-electron chi connectivity index (χ3n) is 4.42. The van der Waals surface area contributed by atoms with Gasteiger partial charge in [0.2, 0.25) is 0 Å². The Hall–Kier alpha value is -1.84. The molecule has 1 amide bonds. The van der Waals surface area contributed by atoms with Crippen LogP contribution in [0.1, 0.15) is 57.9 Å². The van der Waals surface area contributed by atoms with Crippen molar-refractivity contribution in [1.82, 2.24) is 5.43 Å². The SMILES string of the molecule is CCCC1CCC(=NNC(=O)COc2ccc(CC)cc2)CC1. The van der Waals surface area contributed by atoms with Crippen LogP contribution in [0.25, 0.3) is 0 Å². The molecule has 0 aromatic heterocycles. The first-order valence-electron chi connectivity index (χ1n) is 8.77. The van der Waals surface area contributed by atoms with Crippen molar-refractivity contribution in [2.45, 2.75) is 58.8 Å². The number of nitrogens with zero attached hydrogens (tertiary/aromatic N) is 1. The second-order valence-electron chi connectivity index (χ2n) is 6.23. The first-order chi connectivity index (χ1) is 11.2. The number of carbonyl (C=O) groups is 1. The number of ether oxygens (including phenoxy) is 1. The lowest BCUT2D eigenvalue weighted by Crippen LogP contribution is -2.26. The van der Waals surface area contributed by atoms with E-state index < -0.39 is 0 Å². The number of nitrogens with one attached hydrogen (secondary N) is 1. The predicted octanol–water partition coefficient (Wildman–Crippen LogP) is 4.09. The van der Waals surface area contributed by atoms with Crippen molar-refractivity contribution in [3.05, 3.63) is 29.8 Å². The molecule has 0 unspecified atom stereocenters. The Morgan fingerprint density at radius 2 is 1.91 bits per heavy atom. The zero-order valence-electron chi connectivity index (χ0n) is 14.3. The summed E-state index contributed by atoms with van der Waals surface area (Å²) in [5, 5.41) is 4.25. The molecule has 0 bridgehead atoms. The number of hydrazone groups is 1. The van der Waals surface area contributed by atoms with E-state index in [-0.39, 0.29) is 12.5 Å². The van der Waals surface area contributed by atoms with E-state index in [2.05, 4.69) is 24.4 Å². The van der Waals surface area contributed by atoms with E-state index in [4.69, 9.17) is 4.74 Å². The van der Waals surface area contributed by atoms with Crippen LogP contribution in [0.4, 0.5) is 0 Å². The van der Waals surface area contributed by atoms with Gasteiger partial charge >= 0.3 is 0 Å². The summed E-state index contributed by atoms with van der Waals surface area (Å²) in [4.78, 5) is 11.8. The number of rotatable bonds is 7. The summed E-state index contributed by atoms with van der Waals surface area (Å²) >= 11 is 0. The third kappa shape index (κ3) is 6.05. The van der Waals surface area contributed by atoms with Crippen molar-refractivity contribution in [3.63, 3.8) is 0 Å². The molecule has 1 fully saturated rings. The highest BCUT2D eigenvalue weighted by Crippen LogP contribution is 2.25. The first kappa shape index (κ1) is 17.5. The van der Waals surface area contributed by atoms with Gasteiger partial charge in [0.1, 0.15) is 5.75 Å². The van der Waals surface area contributed by atoms with Crippen LogP contribution in [0.15, 0.2) is 29.4 Å². The van der Waals surface area contributed by atoms with Crippen LogP contribution < -0.4 is 10.2 Å². The molecule has 1 N–H and O–H groups in total. The molecule has 0 atom stereocenters. The van der Waals surface area contributed by atoms with E-state index in [1.165, 1.54) is 31.2 Å².